The van der Waals surface area contributed by atoms with Crippen molar-refractivity contribution in [2.45, 2.75) is 19.9 Å². The summed E-state index contributed by atoms with van der Waals surface area (Å²) in [5.74, 6) is -0.0318. The highest BCUT2D eigenvalue weighted by Crippen LogP contribution is 2.32. The lowest BCUT2D eigenvalue weighted by Crippen LogP contribution is -2.46. The Hall–Kier alpha value is -1.88. The van der Waals surface area contributed by atoms with Crippen LogP contribution in [0.5, 0.6) is 0 Å². The van der Waals surface area contributed by atoms with Crippen molar-refractivity contribution in [3.8, 4) is 11.5 Å². The third kappa shape index (κ3) is 2.21. The second kappa shape index (κ2) is 4.66. The number of hydrogen-bond donors (Lipinski definition) is 0. The van der Waals surface area contributed by atoms with Gasteiger partial charge in [-0.2, -0.15) is 4.68 Å². The SMILES string of the molecule is CCC1(Cn2nc(-c3ccccc3)oc2=O)COC1. The van der Waals surface area contributed by atoms with Gasteiger partial charge >= 0.3 is 5.76 Å². The molecule has 1 aromatic heterocycles. The fraction of sp³-hybridized carbons (Fsp3) is 0.429. The highest BCUT2D eigenvalue weighted by atomic mass is 16.5. The summed E-state index contributed by atoms with van der Waals surface area (Å²) in [4.78, 5) is 11.8. The maximum atomic E-state index is 11.8. The Balaban J connectivity index is 1.88. The first kappa shape index (κ1) is 12.2. The molecule has 0 radical (unpaired) electrons. The molecule has 1 aliphatic heterocycles. The molecular formula is C14H16N2O3. The predicted molar refractivity (Wildman–Crippen MR) is 69.7 cm³/mol. The molecule has 100 valence electrons. The lowest BCUT2D eigenvalue weighted by Gasteiger charge is -2.40. The van der Waals surface area contributed by atoms with Gasteiger partial charge < -0.3 is 9.15 Å². The summed E-state index contributed by atoms with van der Waals surface area (Å²) >= 11 is 0. The average Bonchev–Trinajstić information content (AvgIpc) is 2.76. The van der Waals surface area contributed by atoms with Crippen LogP contribution in [-0.2, 0) is 11.3 Å². The van der Waals surface area contributed by atoms with E-state index in [2.05, 4.69) is 12.0 Å². The first-order valence-corrected chi connectivity index (χ1v) is 6.44. The zero-order chi connectivity index (χ0) is 13.3. The van der Waals surface area contributed by atoms with Crippen LogP contribution in [0.2, 0.25) is 0 Å². The molecule has 0 N–H and O–H groups in total. The third-order valence-corrected chi connectivity index (χ3v) is 3.68. The molecule has 0 spiro atoms. The van der Waals surface area contributed by atoms with Gasteiger partial charge in [-0.3, -0.25) is 0 Å². The fourth-order valence-electron chi connectivity index (χ4n) is 2.22. The van der Waals surface area contributed by atoms with Gasteiger partial charge in [0, 0.05) is 11.0 Å². The largest absolute Gasteiger partial charge is 0.437 e. The topological polar surface area (TPSA) is 57.3 Å². The molecule has 0 atom stereocenters. The minimum atomic E-state index is -0.404. The minimum absolute atomic E-state index is 0.0364. The van der Waals surface area contributed by atoms with Crippen molar-refractivity contribution >= 4 is 0 Å². The standard InChI is InChI=1S/C14H16N2O3/c1-2-14(9-18-10-14)8-16-13(17)19-12(15-16)11-6-4-3-5-7-11/h3-7H,2,8-10H2,1H3. The molecule has 0 bridgehead atoms. The molecule has 1 aromatic carbocycles. The Labute approximate surface area is 110 Å². The molecule has 2 aromatic rings. The number of nitrogens with zero attached hydrogens (tertiary/aromatic N) is 2. The molecule has 19 heavy (non-hydrogen) atoms. The van der Waals surface area contributed by atoms with Crippen LogP contribution in [0.15, 0.2) is 39.5 Å². The molecule has 0 aliphatic carbocycles. The van der Waals surface area contributed by atoms with Crippen molar-refractivity contribution < 1.29 is 9.15 Å². The van der Waals surface area contributed by atoms with Crippen LogP contribution >= 0.6 is 0 Å². The lowest BCUT2D eigenvalue weighted by molar-refractivity contribution is -0.125. The van der Waals surface area contributed by atoms with Gasteiger partial charge in [-0.1, -0.05) is 25.1 Å². The second-order valence-corrected chi connectivity index (χ2v) is 5.04. The summed E-state index contributed by atoms with van der Waals surface area (Å²) in [7, 11) is 0. The molecule has 1 saturated heterocycles. The lowest BCUT2D eigenvalue weighted by atomic mass is 9.83. The van der Waals surface area contributed by atoms with Crippen molar-refractivity contribution in [1.82, 2.24) is 9.78 Å². The molecule has 2 heterocycles. The second-order valence-electron chi connectivity index (χ2n) is 5.04. The Morgan fingerprint density at radius 2 is 2.05 bits per heavy atom. The Bertz CT molecular complexity index is 606. The van der Waals surface area contributed by atoms with E-state index in [1.807, 2.05) is 30.3 Å². The average molecular weight is 260 g/mol. The fourth-order valence-corrected chi connectivity index (χ4v) is 2.22. The monoisotopic (exact) mass is 260 g/mol. The van der Waals surface area contributed by atoms with Crippen LogP contribution in [0.25, 0.3) is 11.5 Å². The molecular weight excluding hydrogens is 244 g/mol. The molecule has 0 unspecified atom stereocenters. The van der Waals surface area contributed by atoms with E-state index in [9.17, 15) is 4.79 Å². The number of rotatable bonds is 4. The van der Waals surface area contributed by atoms with Crippen molar-refractivity contribution in [1.29, 1.82) is 0 Å². The normalized spacial score (nSPS) is 17.1. The highest BCUT2D eigenvalue weighted by molar-refractivity contribution is 5.51. The van der Waals surface area contributed by atoms with Crippen molar-refractivity contribution in [2.75, 3.05) is 13.2 Å². The van der Waals surface area contributed by atoms with Crippen LogP contribution in [0.3, 0.4) is 0 Å². The maximum Gasteiger partial charge on any atom is 0.437 e. The molecule has 0 amide bonds. The number of aromatic nitrogens is 2. The highest BCUT2D eigenvalue weighted by Gasteiger charge is 2.38. The minimum Gasteiger partial charge on any atom is -0.388 e. The van der Waals surface area contributed by atoms with Gasteiger partial charge in [-0.05, 0) is 18.6 Å². The molecule has 0 saturated carbocycles. The van der Waals surface area contributed by atoms with E-state index in [-0.39, 0.29) is 5.41 Å². The van der Waals surface area contributed by atoms with Crippen molar-refractivity contribution in [3.05, 3.63) is 40.9 Å². The number of hydrogen-bond acceptors (Lipinski definition) is 4. The number of benzene rings is 1. The van der Waals surface area contributed by atoms with E-state index in [0.717, 1.165) is 12.0 Å². The molecule has 1 aliphatic rings. The molecule has 3 rings (SSSR count). The van der Waals surface area contributed by atoms with E-state index in [1.165, 1.54) is 4.68 Å². The first-order chi connectivity index (χ1) is 9.22. The van der Waals surface area contributed by atoms with Gasteiger partial charge in [-0.25, -0.2) is 4.79 Å². The summed E-state index contributed by atoms with van der Waals surface area (Å²) in [6, 6.07) is 9.44. The van der Waals surface area contributed by atoms with Gasteiger partial charge in [0.1, 0.15) is 0 Å². The zero-order valence-corrected chi connectivity index (χ0v) is 10.8. The van der Waals surface area contributed by atoms with E-state index < -0.39 is 5.76 Å². The van der Waals surface area contributed by atoms with Crippen LogP contribution in [0.4, 0.5) is 0 Å². The molecule has 5 heteroatoms. The zero-order valence-electron chi connectivity index (χ0n) is 10.8. The van der Waals surface area contributed by atoms with Gasteiger partial charge in [0.2, 0.25) is 5.89 Å². The Morgan fingerprint density at radius 1 is 1.32 bits per heavy atom. The summed E-state index contributed by atoms with van der Waals surface area (Å²) in [5.41, 5.74) is 0.850. The smallest absolute Gasteiger partial charge is 0.388 e. The summed E-state index contributed by atoms with van der Waals surface area (Å²) in [6.07, 6.45) is 0.965. The van der Waals surface area contributed by atoms with Crippen LogP contribution in [0.1, 0.15) is 13.3 Å². The van der Waals surface area contributed by atoms with Crippen LogP contribution in [0, 0.1) is 5.41 Å². The van der Waals surface area contributed by atoms with Crippen molar-refractivity contribution in [2.24, 2.45) is 5.41 Å². The van der Waals surface area contributed by atoms with Gasteiger partial charge in [0.05, 0.1) is 19.8 Å². The summed E-state index contributed by atoms with van der Waals surface area (Å²) < 4.78 is 11.9. The van der Waals surface area contributed by atoms with E-state index in [4.69, 9.17) is 9.15 Å². The van der Waals surface area contributed by atoms with E-state index >= 15 is 0 Å². The van der Waals surface area contributed by atoms with E-state index in [0.29, 0.717) is 25.6 Å². The Kier molecular flexibility index (Phi) is 2.98. The predicted octanol–water partition coefficient (Wildman–Crippen LogP) is 1.93. The van der Waals surface area contributed by atoms with Crippen molar-refractivity contribution in [3.63, 3.8) is 0 Å². The summed E-state index contributed by atoms with van der Waals surface area (Å²) in [6.45, 7) is 4.03. The molecule has 5 nitrogen and oxygen atoms in total. The van der Waals surface area contributed by atoms with Gasteiger partial charge in [0.25, 0.3) is 0 Å². The number of ether oxygens (including phenoxy) is 1. The summed E-state index contributed by atoms with van der Waals surface area (Å²) in [5, 5.41) is 4.28. The van der Waals surface area contributed by atoms with Gasteiger partial charge in [-0.15, -0.1) is 5.10 Å². The molecule has 1 fully saturated rings. The maximum absolute atomic E-state index is 11.8. The Morgan fingerprint density at radius 3 is 2.63 bits per heavy atom. The third-order valence-electron chi connectivity index (χ3n) is 3.68. The van der Waals surface area contributed by atoms with Crippen LogP contribution < -0.4 is 5.76 Å². The first-order valence-electron chi connectivity index (χ1n) is 6.44. The van der Waals surface area contributed by atoms with Crippen LogP contribution in [-0.4, -0.2) is 23.0 Å². The van der Waals surface area contributed by atoms with Gasteiger partial charge in [0.15, 0.2) is 0 Å². The van der Waals surface area contributed by atoms with E-state index in [1.54, 1.807) is 0 Å². The quantitative estimate of drug-likeness (QED) is 0.842.